The minimum Gasteiger partial charge on any atom is -0.450 e. The molecule has 0 aromatic carbocycles. The van der Waals surface area contributed by atoms with Crippen molar-refractivity contribution < 1.29 is 28.8 Å². The van der Waals surface area contributed by atoms with Crippen LogP contribution in [0.3, 0.4) is 0 Å². The molecular formula is C11H22O6. The molecule has 0 heterocycles. The third-order valence-electron chi connectivity index (χ3n) is 1.97. The molecule has 0 amide bonds. The Balaban J connectivity index is 3.28. The summed E-state index contributed by atoms with van der Waals surface area (Å²) >= 11 is 0. The Bertz CT molecular complexity index is 185. The molecule has 0 saturated heterocycles. The van der Waals surface area contributed by atoms with Crippen molar-refractivity contribution in [3.05, 3.63) is 0 Å². The number of rotatable bonds is 11. The van der Waals surface area contributed by atoms with Gasteiger partial charge in [-0.15, -0.1) is 0 Å². The molecule has 0 saturated carbocycles. The van der Waals surface area contributed by atoms with Crippen LogP contribution >= 0.6 is 0 Å². The second-order valence-corrected chi connectivity index (χ2v) is 3.30. The maximum absolute atomic E-state index is 10.3. The van der Waals surface area contributed by atoms with Crippen LogP contribution in [-0.4, -0.2) is 57.0 Å². The van der Waals surface area contributed by atoms with Gasteiger partial charge in [-0.3, -0.25) is 0 Å². The largest absolute Gasteiger partial charge is 0.506 e. The molecule has 6 nitrogen and oxygen atoms in total. The third-order valence-corrected chi connectivity index (χ3v) is 1.97. The molecule has 0 aromatic heterocycles. The lowest BCUT2D eigenvalue weighted by Gasteiger charge is -2.14. The monoisotopic (exact) mass is 250 g/mol. The fraction of sp³-hybridized carbons (Fsp3) is 0.909. The summed E-state index contributed by atoms with van der Waals surface area (Å²) in [6.45, 7) is 6.73. The summed E-state index contributed by atoms with van der Waals surface area (Å²) in [5.74, 6) is 0. The number of carbonyl (C=O) groups is 1. The first-order valence-corrected chi connectivity index (χ1v) is 5.83. The van der Waals surface area contributed by atoms with Gasteiger partial charge in [-0.05, 0) is 13.3 Å². The molecule has 0 aliphatic heterocycles. The van der Waals surface area contributed by atoms with Crippen LogP contribution < -0.4 is 0 Å². The molecule has 0 aliphatic rings. The van der Waals surface area contributed by atoms with E-state index in [-0.39, 0.29) is 6.61 Å². The van der Waals surface area contributed by atoms with Crippen LogP contribution in [0.4, 0.5) is 4.79 Å². The predicted octanol–water partition coefficient (Wildman–Crippen LogP) is 1.53. The Kier molecular flexibility index (Phi) is 11.0. The van der Waals surface area contributed by atoms with E-state index in [2.05, 4.69) is 4.74 Å². The minimum atomic E-state index is -1.27. The Labute approximate surface area is 102 Å². The van der Waals surface area contributed by atoms with Crippen LogP contribution in [0.5, 0.6) is 0 Å². The van der Waals surface area contributed by atoms with Crippen LogP contribution in [0.15, 0.2) is 0 Å². The molecule has 0 rings (SSSR count). The van der Waals surface area contributed by atoms with E-state index in [4.69, 9.17) is 19.3 Å². The molecule has 0 aromatic rings. The first kappa shape index (κ1) is 16.1. The van der Waals surface area contributed by atoms with Crippen LogP contribution in [0.25, 0.3) is 0 Å². The van der Waals surface area contributed by atoms with E-state index in [1.54, 1.807) is 0 Å². The van der Waals surface area contributed by atoms with Gasteiger partial charge in [-0.25, -0.2) is 4.79 Å². The molecule has 17 heavy (non-hydrogen) atoms. The van der Waals surface area contributed by atoms with E-state index in [0.717, 1.165) is 0 Å². The Hall–Kier alpha value is -0.850. The van der Waals surface area contributed by atoms with Crippen LogP contribution in [0.2, 0.25) is 0 Å². The Morgan fingerprint density at radius 2 is 1.65 bits per heavy atom. The SMILES string of the molecule is CCOCCOCCOCC(CC)OC(=O)O. The quantitative estimate of drug-likeness (QED) is 0.443. The average Bonchev–Trinajstić information content (AvgIpc) is 2.30. The first-order valence-electron chi connectivity index (χ1n) is 5.83. The highest BCUT2D eigenvalue weighted by Gasteiger charge is 2.10. The van der Waals surface area contributed by atoms with E-state index < -0.39 is 12.3 Å². The van der Waals surface area contributed by atoms with Gasteiger partial charge in [0.15, 0.2) is 0 Å². The van der Waals surface area contributed by atoms with Gasteiger partial charge >= 0.3 is 6.16 Å². The second-order valence-electron chi connectivity index (χ2n) is 3.30. The maximum atomic E-state index is 10.3. The molecule has 0 bridgehead atoms. The molecule has 1 unspecified atom stereocenters. The van der Waals surface area contributed by atoms with E-state index in [1.807, 2.05) is 13.8 Å². The van der Waals surface area contributed by atoms with Gasteiger partial charge in [-0.2, -0.15) is 0 Å². The smallest absolute Gasteiger partial charge is 0.450 e. The van der Waals surface area contributed by atoms with E-state index in [1.165, 1.54) is 0 Å². The summed E-state index contributed by atoms with van der Waals surface area (Å²) < 4.78 is 20.1. The van der Waals surface area contributed by atoms with Gasteiger partial charge in [-0.1, -0.05) is 6.92 Å². The van der Waals surface area contributed by atoms with Crippen molar-refractivity contribution in [3.8, 4) is 0 Å². The van der Waals surface area contributed by atoms with Gasteiger partial charge < -0.3 is 24.1 Å². The molecule has 6 heteroatoms. The summed E-state index contributed by atoms with van der Waals surface area (Å²) in [4.78, 5) is 10.3. The van der Waals surface area contributed by atoms with E-state index in [9.17, 15) is 4.79 Å². The van der Waals surface area contributed by atoms with E-state index >= 15 is 0 Å². The molecule has 0 radical (unpaired) electrons. The standard InChI is InChI=1S/C11H22O6/c1-3-10(17-11(12)13)9-16-8-7-15-6-5-14-4-2/h10H,3-9H2,1-2H3,(H,12,13). The van der Waals surface area contributed by atoms with Crippen molar-refractivity contribution in [2.45, 2.75) is 26.4 Å². The van der Waals surface area contributed by atoms with Gasteiger partial charge in [0.25, 0.3) is 0 Å². The molecule has 1 atom stereocenters. The zero-order valence-corrected chi connectivity index (χ0v) is 10.5. The Morgan fingerprint density at radius 1 is 1.06 bits per heavy atom. The van der Waals surface area contributed by atoms with Crippen molar-refractivity contribution in [1.29, 1.82) is 0 Å². The average molecular weight is 250 g/mol. The second kappa shape index (κ2) is 11.6. The lowest BCUT2D eigenvalue weighted by molar-refractivity contribution is -0.0248. The van der Waals surface area contributed by atoms with Crippen LogP contribution in [0, 0.1) is 0 Å². The molecule has 1 N–H and O–H groups in total. The van der Waals surface area contributed by atoms with Crippen LogP contribution in [0.1, 0.15) is 20.3 Å². The van der Waals surface area contributed by atoms with E-state index in [0.29, 0.717) is 39.5 Å². The summed E-state index contributed by atoms with van der Waals surface area (Å²) in [6.07, 6.45) is -1.08. The highest BCUT2D eigenvalue weighted by molar-refractivity contribution is 5.57. The zero-order valence-electron chi connectivity index (χ0n) is 10.5. The lowest BCUT2D eigenvalue weighted by atomic mass is 10.3. The number of ether oxygens (including phenoxy) is 4. The predicted molar refractivity (Wildman–Crippen MR) is 61.3 cm³/mol. The maximum Gasteiger partial charge on any atom is 0.506 e. The molecule has 102 valence electrons. The number of hydrogen-bond acceptors (Lipinski definition) is 5. The first-order chi connectivity index (χ1) is 8.20. The Morgan fingerprint density at radius 3 is 2.18 bits per heavy atom. The van der Waals surface area contributed by atoms with Crippen molar-refractivity contribution in [2.75, 3.05) is 39.6 Å². The summed E-state index contributed by atoms with van der Waals surface area (Å²) in [6, 6.07) is 0. The van der Waals surface area contributed by atoms with Gasteiger partial charge in [0.2, 0.25) is 0 Å². The van der Waals surface area contributed by atoms with Crippen molar-refractivity contribution in [1.82, 2.24) is 0 Å². The number of hydrogen-bond donors (Lipinski definition) is 1. The fourth-order valence-electron chi connectivity index (χ4n) is 1.07. The highest BCUT2D eigenvalue weighted by atomic mass is 16.7. The summed E-state index contributed by atoms with van der Waals surface area (Å²) in [7, 11) is 0. The topological polar surface area (TPSA) is 74.2 Å². The molecule has 0 spiro atoms. The van der Waals surface area contributed by atoms with Crippen LogP contribution in [-0.2, 0) is 18.9 Å². The molecule has 0 fully saturated rings. The fourth-order valence-corrected chi connectivity index (χ4v) is 1.07. The zero-order chi connectivity index (χ0) is 12.9. The van der Waals surface area contributed by atoms with Gasteiger partial charge in [0.1, 0.15) is 6.10 Å². The summed E-state index contributed by atoms with van der Waals surface area (Å²) in [5, 5.41) is 8.42. The van der Waals surface area contributed by atoms with Crippen molar-refractivity contribution in [3.63, 3.8) is 0 Å². The van der Waals surface area contributed by atoms with Gasteiger partial charge in [0, 0.05) is 6.61 Å². The minimum absolute atomic E-state index is 0.262. The van der Waals surface area contributed by atoms with Gasteiger partial charge in [0.05, 0.1) is 33.0 Å². The normalized spacial score (nSPS) is 12.4. The highest BCUT2D eigenvalue weighted by Crippen LogP contribution is 1.99. The van der Waals surface area contributed by atoms with Crippen molar-refractivity contribution in [2.24, 2.45) is 0 Å². The number of carboxylic acid groups (broad SMARTS) is 1. The lowest BCUT2D eigenvalue weighted by Crippen LogP contribution is -2.23. The van der Waals surface area contributed by atoms with Crippen molar-refractivity contribution >= 4 is 6.16 Å². The summed E-state index contributed by atoms with van der Waals surface area (Å²) in [5.41, 5.74) is 0. The third kappa shape index (κ3) is 11.4. The molecular weight excluding hydrogens is 228 g/mol. The molecule has 0 aliphatic carbocycles.